The molecule has 0 saturated carbocycles. The number of rotatable bonds is 5. The van der Waals surface area contributed by atoms with Gasteiger partial charge in [0.2, 0.25) is 5.91 Å². The molecule has 0 aromatic heterocycles. The third kappa shape index (κ3) is 4.41. The summed E-state index contributed by atoms with van der Waals surface area (Å²) in [7, 11) is 4.70. The van der Waals surface area contributed by atoms with Crippen LogP contribution in [0, 0.1) is 0 Å². The number of nitrogens with one attached hydrogen (secondary N) is 1. The molecule has 0 radical (unpaired) electrons. The van der Waals surface area contributed by atoms with Crippen molar-refractivity contribution < 1.29 is 23.8 Å². The van der Waals surface area contributed by atoms with E-state index in [0.717, 1.165) is 16.8 Å². The highest BCUT2D eigenvalue weighted by Crippen LogP contribution is 2.47. The Bertz CT molecular complexity index is 1140. The second-order valence-electron chi connectivity index (χ2n) is 10.0. The van der Waals surface area contributed by atoms with E-state index in [1.54, 1.807) is 27.4 Å². The van der Waals surface area contributed by atoms with Gasteiger partial charge in [0.15, 0.2) is 17.3 Å². The van der Waals surface area contributed by atoms with E-state index < -0.39 is 5.92 Å². The van der Waals surface area contributed by atoms with Crippen LogP contribution in [-0.4, -0.2) is 33.0 Å². The van der Waals surface area contributed by atoms with Crippen LogP contribution >= 0.6 is 0 Å². The molecule has 1 amide bonds. The summed E-state index contributed by atoms with van der Waals surface area (Å²) in [5, 5.41) is 3.00. The average molecular weight is 464 g/mol. The number of Topliss-reactive ketones (excluding diaryl/α,β-unsaturated/α-hetero) is 1. The Balaban J connectivity index is 1.72. The standard InChI is InChI=1S/C28H33NO5/c1-28(2,3)18-9-7-16(8-10-18)17-11-21-27(22(30)12-17)20(14-26(31)29-21)19-13-24(33-5)25(34-6)15-23(19)32-4/h7-10,13,15,17,20H,11-12,14H2,1-6H3,(H,29,31). The SMILES string of the molecule is COc1cc(OC)c(C2CC(=O)NC3=C2C(=O)CC(c2ccc(C(C)(C)C)cc2)C3)cc1OC. The summed E-state index contributed by atoms with van der Waals surface area (Å²) in [5.41, 5.74) is 4.59. The second kappa shape index (κ2) is 9.16. The highest BCUT2D eigenvalue weighted by molar-refractivity contribution is 6.02. The Labute approximate surface area is 201 Å². The number of amides is 1. The van der Waals surface area contributed by atoms with Crippen molar-refractivity contribution in [3.05, 3.63) is 64.4 Å². The van der Waals surface area contributed by atoms with Gasteiger partial charge in [-0.15, -0.1) is 0 Å². The van der Waals surface area contributed by atoms with Crippen molar-refractivity contribution in [2.24, 2.45) is 0 Å². The van der Waals surface area contributed by atoms with Gasteiger partial charge in [-0.25, -0.2) is 0 Å². The molecule has 2 aromatic carbocycles. The lowest BCUT2D eigenvalue weighted by Gasteiger charge is -2.35. The van der Waals surface area contributed by atoms with E-state index in [4.69, 9.17) is 14.2 Å². The van der Waals surface area contributed by atoms with Crippen molar-refractivity contribution in [3.63, 3.8) is 0 Å². The molecule has 0 fully saturated rings. The van der Waals surface area contributed by atoms with Crippen molar-refractivity contribution in [2.75, 3.05) is 21.3 Å². The van der Waals surface area contributed by atoms with Crippen LogP contribution in [0.4, 0.5) is 0 Å². The highest BCUT2D eigenvalue weighted by Gasteiger charge is 2.39. The molecule has 6 heteroatoms. The molecular formula is C28H33NO5. The van der Waals surface area contributed by atoms with E-state index in [1.807, 2.05) is 6.07 Å². The van der Waals surface area contributed by atoms with Gasteiger partial charge in [-0.05, 0) is 34.9 Å². The van der Waals surface area contributed by atoms with Crippen LogP contribution in [0.2, 0.25) is 0 Å². The van der Waals surface area contributed by atoms with Gasteiger partial charge < -0.3 is 19.5 Å². The summed E-state index contributed by atoms with van der Waals surface area (Å²) in [6, 6.07) is 12.1. The van der Waals surface area contributed by atoms with E-state index in [0.29, 0.717) is 35.7 Å². The number of carbonyl (C=O) groups is 2. The first kappa shape index (κ1) is 23.9. The van der Waals surface area contributed by atoms with E-state index in [9.17, 15) is 9.59 Å². The molecule has 0 bridgehead atoms. The average Bonchev–Trinajstić information content (AvgIpc) is 2.81. The van der Waals surface area contributed by atoms with Gasteiger partial charge in [-0.2, -0.15) is 0 Å². The van der Waals surface area contributed by atoms with Crippen molar-refractivity contribution >= 4 is 11.7 Å². The van der Waals surface area contributed by atoms with Crippen LogP contribution in [0.15, 0.2) is 47.7 Å². The summed E-state index contributed by atoms with van der Waals surface area (Å²) in [6.45, 7) is 6.55. The first-order valence-corrected chi connectivity index (χ1v) is 11.6. The number of benzene rings is 2. The van der Waals surface area contributed by atoms with Crippen molar-refractivity contribution in [1.82, 2.24) is 5.32 Å². The smallest absolute Gasteiger partial charge is 0.225 e. The minimum Gasteiger partial charge on any atom is -0.496 e. The first-order valence-electron chi connectivity index (χ1n) is 11.6. The van der Waals surface area contributed by atoms with Crippen LogP contribution in [0.1, 0.15) is 68.6 Å². The predicted octanol–water partition coefficient (Wildman–Crippen LogP) is 5.01. The Morgan fingerprint density at radius 3 is 2.03 bits per heavy atom. The van der Waals surface area contributed by atoms with Gasteiger partial charge in [0.05, 0.1) is 21.3 Å². The number of ketones is 1. The monoisotopic (exact) mass is 463 g/mol. The molecule has 2 atom stereocenters. The third-order valence-corrected chi connectivity index (χ3v) is 6.90. The molecule has 1 aliphatic carbocycles. The number of hydrogen-bond acceptors (Lipinski definition) is 5. The molecule has 2 aromatic rings. The zero-order valence-corrected chi connectivity index (χ0v) is 20.8. The van der Waals surface area contributed by atoms with Crippen LogP contribution in [0.5, 0.6) is 17.2 Å². The molecule has 0 saturated heterocycles. The van der Waals surface area contributed by atoms with E-state index >= 15 is 0 Å². The highest BCUT2D eigenvalue weighted by atomic mass is 16.5. The maximum Gasteiger partial charge on any atom is 0.225 e. The number of allylic oxidation sites excluding steroid dienone is 2. The summed E-state index contributed by atoms with van der Waals surface area (Å²) >= 11 is 0. The number of ether oxygens (including phenoxy) is 3. The van der Waals surface area contributed by atoms with E-state index in [2.05, 4.69) is 50.4 Å². The molecule has 0 spiro atoms. The fourth-order valence-electron chi connectivity index (χ4n) is 5.04. The van der Waals surface area contributed by atoms with Gasteiger partial charge in [-0.3, -0.25) is 9.59 Å². The van der Waals surface area contributed by atoms with Gasteiger partial charge >= 0.3 is 0 Å². The molecule has 1 aliphatic heterocycles. The normalized spacial score (nSPS) is 20.5. The molecule has 2 unspecified atom stereocenters. The minimum absolute atomic E-state index is 0.0339. The van der Waals surface area contributed by atoms with Crippen LogP contribution in [0.25, 0.3) is 0 Å². The quantitative estimate of drug-likeness (QED) is 0.674. The molecule has 1 N–H and O–H groups in total. The maximum absolute atomic E-state index is 13.5. The largest absolute Gasteiger partial charge is 0.496 e. The van der Waals surface area contributed by atoms with Crippen molar-refractivity contribution in [1.29, 1.82) is 0 Å². The molecule has 1 heterocycles. The number of carbonyl (C=O) groups excluding carboxylic acids is 2. The summed E-state index contributed by atoms with van der Waals surface area (Å²) in [5.74, 6) is 1.24. The Hall–Kier alpha value is -3.28. The van der Waals surface area contributed by atoms with E-state index in [1.165, 1.54) is 5.56 Å². The van der Waals surface area contributed by atoms with Gasteiger partial charge in [0.1, 0.15) is 5.75 Å². The summed E-state index contributed by atoms with van der Waals surface area (Å²) in [6.07, 6.45) is 1.21. The van der Waals surface area contributed by atoms with Crippen LogP contribution in [-0.2, 0) is 15.0 Å². The minimum atomic E-state index is -0.393. The molecule has 180 valence electrons. The fraction of sp³-hybridized carbons (Fsp3) is 0.429. The van der Waals surface area contributed by atoms with Gasteiger partial charge in [0.25, 0.3) is 0 Å². The molecular weight excluding hydrogens is 430 g/mol. The lowest BCUT2D eigenvalue weighted by atomic mass is 9.73. The van der Waals surface area contributed by atoms with Crippen LogP contribution in [0.3, 0.4) is 0 Å². The summed E-state index contributed by atoms with van der Waals surface area (Å²) < 4.78 is 16.5. The topological polar surface area (TPSA) is 73.9 Å². The fourth-order valence-corrected chi connectivity index (χ4v) is 5.04. The maximum atomic E-state index is 13.5. The number of methoxy groups -OCH3 is 3. The Morgan fingerprint density at radius 2 is 1.44 bits per heavy atom. The predicted molar refractivity (Wildman–Crippen MR) is 131 cm³/mol. The lowest BCUT2D eigenvalue weighted by molar-refractivity contribution is -0.122. The van der Waals surface area contributed by atoms with Gasteiger partial charge in [0, 0.05) is 41.7 Å². The molecule has 4 rings (SSSR count). The van der Waals surface area contributed by atoms with Gasteiger partial charge in [-0.1, -0.05) is 45.0 Å². The summed E-state index contributed by atoms with van der Waals surface area (Å²) in [4.78, 5) is 26.2. The zero-order chi connectivity index (χ0) is 24.6. The Kier molecular flexibility index (Phi) is 6.43. The lowest BCUT2D eigenvalue weighted by Crippen LogP contribution is -2.38. The molecule has 6 nitrogen and oxygen atoms in total. The zero-order valence-electron chi connectivity index (χ0n) is 20.8. The first-order chi connectivity index (χ1) is 16.2. The Morgan fingerprint density at radius 1 is 0.824 bits per heavy atom. The van der Waals surface area contributed by atoms with Crippen LogP contribution < -0.4 is 19.5 Å². The molecule has 34 heavy (non-hydrogen) atoms. The van der Waals surface area contributed by atoms with Crippen molar-refractivity contribution in [3.8, 4) is 17.2 Å². The molecule has 2 aliphatic rings. The van der Waals surface area contributed by atoms with E-state index in [-0.39, 0.29) is 29.4 Å². The van der Waals surface area contributed by atoms with Crippen molar-refractivity contribution in [2.45, 2.75) is 57.3 Å². The second-order valence-corrected chi connectivity index (χ2v) is 10.0. The third-order valence-electron chi connectivity index (χ3n) is 6.90. The number of hydrogen-bond donors (Lipinski definition) is 1.